The van der Waals surface area contributed by atoms with Gasteiger partial charge in [-0.05, 0) is 81.8 Å². The van der Waals surface area contributed by atoms with Crippen LogP contribution < -0.4 is 10.6 Å². The smallest absolute Gasteiger partial charge is 0.225 e. The van der Waals surface area contributed by atoms with Crippen LogP contribution in [0.15, 0.2) is 48.5 Å². The third-order valence-corrected chi connectivity index (χ3v) is 6.56. The van der Waals surface area contributed by atoms with Crippen molar-refractivity contribution in [1.29, 1.82) is 0 Å². The summed E-state index contributed by atoms with van der Waals surface area (Å²) in [6.07, 6.45) is 8.95. The van der Waals surface area contributed by atoms with Gasteiger partial charge in [0.25, 0.3) is 0 Å². The number of nitrogens with one attached hydrogen (secondary N) is 2. The Morgan fingerprint density at radius 2 is 1.08 bits per heavy atom. The maximum absolute atomic E-state index is 12.4. The molecule has 0 aliphatic carbocycles. The monoisotopic (exact) mass is 508 g/mol. The van der Waals surface area contributed by atoms with Crippen LogP contribution in [0.5, 0.6) is 0 Å². The molecular formula is C31H48N4O2. The minimum absolute atomic E-state index is 0.0419. The maximum Gasteiger partial charge on any atom is 0.225 e. The van der Waals surface area contributed by atoms with E-state index in [1.807, 2.05) is 36.4 Å². The Hall–Kier alpha value is -2.70. The first kappa shape index (κ1) is 30.5. The van der Waals surface area contributed by atoms with Crippen molar-refractivity contribution in [2.45, 2.75) is 71.6 Å². The van der Waals surface area contributed by atoms with Crippen LogP contribution >= 0.6 is 0 Å². The molecule has 2 amide bonds. The Bertz CT molecular complexity index is 871. The number of hydrogen-bond acceptors (Lipinski definition) is 4. The lowest BCUT2D eigenvalue weighted by atomic mass is 10.0. The predicted molar refractivity (Wildman–Crippen MR) is 156 cm³/mol. The van der Waals surface area contributed by atoms with Gasteiger partial charge in [0.1, 0.15) is 0 Å². The average Bonchev–Trinajstić information content (AvgIpc) is 2.87. The van der Waals surface area contributed by atoms with Crippen molar-refractivity contribution in [2.75, 3.05) is 50.9 Å². The van der Waals surface area contributed by atoms with Crippen LogP contribution in [-0.4, -0.2) is 61.9 Å². The van der Waals surface area contributed by atoms with Gasteiger partial charge in [-0.25, -0.2) is 0 Å². The number of nitrogens with zero attached hydrogens (tertiary/aromatic N) is 2. The number of rotatable bonds is 18. The molecule has 37 heavy (non-hydrogen) atoms. The number of amides is 2. The summed E-state index contributed by atoms with van der Waals surface area (Å²) in [5.41, 5.74) is 3.88. The second kappa shape index (κ2) is 17.7. The molecule has 0 heterocycles. The van der Waals surface area contributed by atoms with E-state index in [0.29, 0.717) is 12.8 Å². The Morgan fingerprint density at radius 3 is 1.49 bits per heavy atom. The van der Waals surface area contributed by atoms with E-state index in [-0.39, 0.29) is 11.8 Å². The summed E-state index contributed by atoms with van der Waals surface area (Å²) in [6, 6.07) is 16.0. The molecule has 6 heteroatoms. The lowest BCUT2D eigenvalue weighted by Crippen LogP contribution is -2.25. The van der Waals surface area contributed by atoms with E-state index in [1.54, 1.807) is 0 Å². The number of carbonyl (C=O) groups excluding carboxylic acids is 2. The lowest BCUT2D eigenvalue weighted by molar-refractivity contribution is -0.117. The van der Waals surface area contributed by atoms with Gasteiger partial charge in [-0.1, -0.05) is 63.8 Å². The van der Waals surface area contributed by atoms with Crippen molar-refractivity contribution in [3.8, 4) is 0 Å². The third-order valence-electron chi connectivity index (χ3n) is 6.56. The molecule has 6 nitrogen and oxygen atoms in total. The fraction of sp³-hybridized carbons (Fsp3) is 0.548. The molecule has 0 radical (unpaired) electrons. The quantitative estimate of drug-likeness (QED) is 0.236. The van der Waals surface area contributed by atoms with Crippen LogP contribution in [0.2, 0.25) is 0 Å². The Balaban J connectivity index is 1.82. The van der Waals surface area contributed by atoms with Crippen LogP contribution in [0.3, 0.4) is 0 Å². The topological polar surface area (TPSA) is 64.7 Å². The van der Waals surface area contributed by atoms with Gasteiger partial charge in [0.2, 0.25) is 11.8 Å². The van der Waals surface area contributed by atoms with E-state index < -0.39 is 0 Å². The van der Waals surface area contributed by atoms with Gasteiger partial charge in [0.15, 0.2) is 0 Å². The van der Waals surface area contributed by atoms with Crippen LogP contribution in [0.4, 0.5) is 11.4 Å². The van der Waals surface area contributed by atoms with E-state index in [2.05, 4.69) is 60.5 Å². The van der Waals surface area contributed by atoms with E-state index >= 15 is 0 Å². The Labute approximate surface area is 224 Å². The molecule has 0 aromatic heterocycles. The molecule has 0 aliphatic heterocycles. The fourth-order valence-corrected chi connectivity index (χ4v) is 4.27. The molecule has 204 valence electrons. The molecule has 0 aliphatic rings. The van der Waals surface area contributed by atoms with Gasteiger partial charge < -0.3 is 20.4 Å². The van der Waals surface area contributed by atoms with Crippen molar-refractivity contribution >= 4 is 23.2 Å². The van der Waals surface area contributed by atoms with Gasteiger partial charge in [0, 0.05) is 37.3 Å². The molecule has 0 saturated heterocycles. The molecule has 0 bridgehead atoms. The van der Waals surface area contributed by atoms with Crippen molar-refractivity contribution in [3.63, 3.8) is 0 Å². The normalized spacial score (nSPS) is 11.2. The van der Waals surface area contributed by atoms with E-state index in [0.717, 1.165) is 55.1 Å². The molecule has 0 fully saturated rings. The zero-order valence-electron chi connectivity index (χ0n) is 23.5. The molecular weight excluding hydrogens is 460 g/mol. The second-order valence-corrected chi connectivity index (χ2v) is 10.2. The maximum atomic E-state index is 12.4. The van der Waals surface area contributed by atoms with Crippen LogP contribution in [0.25, 0.3) is 0 Å². The molecule has 0 saturated carbocycles. The van der Waals surface area contributed by atoms with Crippen LogP contribution in [0, 0.1) is 0 Å². The number of unbranched alkanes of at least 4 members (excludes halogenated alkanes) is 4. The largest absolute Gasteiger partial charge is 0.326 e. The molecule has 0 unspecified atom stereocenters. The van der Waals surface area contributed by atoms with Crippen molar-refractivity contribution in [1.82, 2.24) is 9.80 Å². The van der Waals surface area contributed by atoms with Gasteiger partial charge in [-0.15, -0.1) is 0 Å². The van der Waals surface area contributed by atoms with Gasteiger partial charge in [-0.3, -0.25) is 9.59 Å². The van der Waals surface area contributed by atoms with Crippen molar-refractivity contribution in [3.05, 3.63) is 59.7 Å². The minimum atomic E-state index is 0.0419. The highest BCUT2D eigenvalue weighted by molar-refractivity contribution is 5.91. The lowest BCUT2D eigenvalue weighted by Gasteiger charge is -2.16. The van der Waals surface area contributed by atoms with Gasteiger partial charge >= 0.3 is 0 Å². The summed E-state index contributed by atoms with van der Waals surface area (Å²) < 4.78 is 0. The van der Waals surface area contributed by atoms with Gasteiger partial charge in [-0.2, -0.15) is 0 Å². The summed E-state index contributed by atoms with van der Waals surface area (Å²) in [7, 11) is 4.15. The van der Waals surface area contributed by atoms with E-state index in [4.69, 9.17) is 0 Å². The predicted octanol–water partition coefficient (Wildman–Crippen LogP) is 6.18. The van der Waals surface area contributed by atoms with Crippen molar-refractivity contribution in [2.24, 2.45) is 0 Å². The Morgan fingerprint density at radius 1 is 0.649 bits per heavy atom. The van der Waals surface area contributed by atoms with Crippen molar-refractivity contribution < 1.29 is 9.59 Å². The molecule has 2 rings (SSSR count). The second-order valence-electron chi connectivity index (χ2n) is 10.2. The SMILES string of the molecule is CCCCCN(C)CCC(=O)Nc1cccc(Cc2cccc(NC(=O)CCN(C)CCCCC)c2)c1. The molecule has 2 aromatic rings. The summed E-state index contributed by atoms with van der Waals surface area (Å²) in [5, 5.41) is 6.08. The standard InChI is InChI=1S/C31H48N4O2/c1-5-7-9-19-34(3)21-17-30(36)32-28-15-11-13-26(24-28)23-27-14-12-16-29(25-27)33-31(37)18-22-35(4)20-10-8-6-2/h11-16,24-25H,5-10,17-23H2,1-4H3,(H,32,36)(H,33,37). The molecule has 2 aromatic carbocycles. The highest BCUT2D eigenvalue weighted by Crippen LogP contribution is 2.18. The number of carbonyl (C=O) groups is 2. The first-order valence-corrected chi connectivity index (χ1v) is 14.0. The zero-order valence-corrected chi connectivity index (χ0v) is 23.5. The number of hydrogen-bond donors (Lipinski definition) is 2. The molecule has 0 spiro atoms. The summed E-state index contributed by atoms with van der Waals surface area (Å²) in [5.74, 6) is 0.0837. The molecule has 2 N–H and O–H groups in total. The first-order valence-electron chi connectivity index (χ1n) is 14.0. The highest BCUT2D eigenvalue weighted by Gasteiger charge is 2.08. The van der Waals surface area contributed by atoms with Crippen LogP contribution in [-0.2, 0) is 16.0 Å². The Kier molecular flexibility index (Phi) is 14.6. The first-order chi connectivity index (χ1) is 17.9. The molecule has 0 atom stereocenters. The van der Waals surface area contributed by atoms with E-state index in [1.165, 1.54) is 38.5 Å². The summed E-state index contributed by atoms with van der Waals surface area (Å²) in [4.78, 5) is 29.3. The number of anilines is 2. The van der Waals surface area contributed by atoms with E-state index in [9.17, 15) is 9.59 Å². The fourth-order valence-electron chi connectivity index (χ4n) is 4.27. The minimum Gasteiger partial charge on any atom is -0.326 e. The highest BCUT2D eigenvalue weighted by atomic mass is 16.2. The van der Waals surface area contributed by atoms with Gasteiger partial charge in [0.05, 0.1) is 0 Å². The van der Waals surface area contributed by atoms with Crippen LogP contribution in [0.1, 0.15) is 76.3 Å². The number of benzene rings is 2. The summed E-state index contributed by atoms with van der Waals surface area (Å²) in [6.45, 7) is 8.00. The average molecular weight is 509 g/mol. The third kappa shape index (κ3) is 13.4. The summed E-state index contributed by atoms with van der Waals surface area (Å²) >= 11 is 0. The zero-order chi connectivity index (χ0) is 26.9.